The fourth-order valence-electron chi connectivity index (χ4n) is 7.35. The van der Waals surface area contributed by atoms with Gasteiger partial charge in [0.25, 0.3) is 0 Å². The van der Waals surface area contributed by atoms with E-state index in [4.69, 9.17) is 28.3 Å². The van der Waals surface area contributed by atoms with Crippen molar-refractivity contribution in [3.8, 4) is 0 Å². The van der Waals surface area contributed by atoms with Gasteiger partial charge in [0.15, 0.2) is 11.9 Å². The van der Waals surface area contributed by atoms with E-state index in [0.29, 0.717) is 32.1 Å². The Morgan fingerprint density at radius 1 is 0.677 bits per heavy atom. The Morgan fingerprint density at radius 3 is 1.80 bits per heavy atom. The fraction of sp³-hybridized carbons (Fsp3) is 0.812. The molecule has 0 bridgehead atoms. The predicted octanol–water partition coefficient (Wildman–Crippen LogP) is 10.7. The van der Waals surface area contributed by atoms with Crippen molar-refractivity contribution in [1.29, 1.82) is 0 Å². The number of ether oxygens (including phenoxy) is 2. The zero-order valence-electron chi connectivity index (χ0n) is 39.9. The van der Waals surface area contributed by atoms with E-state index >= 15 is 0 Å². The van der Waals surface area contributed by atoms with Gasteiger partial charge in [-0.05, 0) is 50.0 Å². The van der Waals surface area contributed by atoms with Gasteiger partial charge in [-0.1, -0.05) is 173 Å². The second kappa shape index (κ2) is 37.9. The van der Waals surface area contributed by atoms with Crippen LogP contribution in [0, 0.1) is 17.8 Å². The van der Waals surface area contributed by atoms with Crippen LogP contribution in [0.25, 0.3) is 0 Å². The van der Waals surface area contributed by atoms with Crippen molar-refractivity contribution < 1.29 is 71.5 Å². The quantitative estimate of drug-likeness (QED) is 0.0166. The number of carbonyl (C=O) groups is 3. The molecule has 1 rings (SSSR count). The largest absolute Gasteiger partial charge is 0.472 e. The highest BCUT2D eigenvalue weighted by Gasteiger charge is 2.29. The van der Waals surface area contributed by atoms with Gasteiger partial charge in [0.2, 0.25) is 0 Å². The lowest BCUT2D eigenvalue weighted by atomic mass is 9.90. The number of hydrogen-bond donors (Lipinski definition) is 5. The SMILES string of the molecule is CCCCC[C@H](O)/C=C/[C@H]1C(=O)C=C[C@@H]1C/C=C\CCCC(=O)O[C@H](COC(=O)CCCCCCCCCCCCCCCCCCC(C)C)COP(=O)(O)OC[C@@H](O)COP(=O)(O)O. The first-order valence-corrected chi connectivity index (χ1v) is 27.6. The van der Waals surface area contributed by atoms with Crippen LogP contribution in [0.1, 0.15) is 188 Å². The molecule has 378 valence electrons. The number of phosphoric ester groups is 2. The molecule has 17 heteroatoms. The Balaban J connectivity index is 2.46. The molecule has 0 saturated carbocycles. The van der Waals surface area contributed by atoms with Crippen molar-refractivity contribution in [2.45, 2.75) is 206 Å². The van der Waals surface area contributed by atoms with E-state index in [1.165, 1.54) is 83.5 Å². The van der Waals surface area contributed by atoms with E-state index in [1.807, 2.05) is 18.2 Å². The lowest BCUT2D eigenvalue weighted by Gasteiger charge is -2.20. The third-order valence-electron chi connectivity index (χ3n) is 11.2. The summed E-state index contributed by atoms with van der Waals surface area (Å²) in [5.41, 5.74) is 0. The van der Waals surface area contributed by atoms with Crippen LogP contribution < -0.4 is 0 Å². The molecule has 1 aliphatic carbocycles. The van der Waals surface area contributed by atoms with Gasteiger partial charge in [0, 0.05) is 18.8 Å². The molecule has 6 atom stereocenters. The molecule has 0 aromatic carbocycles. The van der Waals surface area contributed by atoms with E-state index in [2.05, 4.69) is 25.3 Å². The first kappa shape index (κ1) is 61.0. The van der Waals surface area contributed by atoms with Gasteiger partial charge in [-0.15, -0.1) is 0 Å². The van der Waals surface area contributed by atoms with Crippen molar-refractivity contribution in [2.75, 3.05) is 26.4 Å². The second-order valence-corrected chi connectivity index (χ2v) is 20.6. The normalized spacial score (nSPS) is 17.9. The lowest BCUT2D eigenvalue weighted by Crippen LogP contribution is -2.29. The second-order valence-electron chi connectivity index (χ2n) is 17.9. The summed E-state index contributed by atoms with van der Waals surface area (Å²) in [5, 5.41) is 20.0. The summed E-state index contributed by atoms with van der Waals surface area (Å²) in [6.07, 6.45) is 33.4. The Kier molecular flexibility index (Phi) is 35.6. The van der Waals surface area contributed by atoms with Crippen molar-refractivity contribution in [1.82, 2.24) is 0 Å². The molecule has 15 nitrogen and oxygen atoms in total. The standard InChI is InChI=1S/C48H86O15P2/c1-4-5-22-29-42(49)33-34-45-41(32-35-46(45)51)28-24-20-21-26-31-48(53)63-44(39-62-65(57,58)61-37-43(50)36-60-64(54,55)56)38-59-47(52)30-25-19-17-15-13-11-9-7-6-8-10-12-14-16-18-23-27-40(2)3/h20,24,32-35,40-45,49-50H,4-19,21-23,25-31,36-39H2,1-3H3,(H,57,58)(H2,54,55,56)/b24-20-,34-33+/t41-,42-,43-,44+,45+/m0/s1. The minimum Gasteiger partial charge on any atom is -0.462 e. The van der Waals surface area contributed by atoms with Crippen LogP contribution in [-0.4, -0.2) is 87.4 Å². The van der Waals surface area contributed by atoms with Gasteiger partial charge in [-0.3, -0.25) is 28.0 Å². The summed E-state index contributed by atoms with van der Waals surface area (Å²) in [5.74, 6) is -0.719. The van der Waals surface area contributed by atoms with Crippen LogP contribution in [0.4, 0.5) is 0 Å². The fourth-order valence-corrected chi connectivity index (χ4v) is 8.50. The molecule has 0 aliphatic heterocycles. The summed E-state index contributed by atoms with van der Waals surface area (Å²) >= 11 is 0. The Morgan fingerprint density at radius 2 is 1.22 bits per heavy atom. The Hall–Kier alpha value is -2.03. The van der Waals surface area contributed by atoms with Crippen LogP contribution in [0.5, 0.6) is 0 Å². The number of rotatable bonds is 43. The van der Waals surface area contributed by atoms with Crippen molar-refractivity contribution in [3.63, 3.8) is 0 Å². The van der Waals surface area contributed by atoms with Crippen LogP contribution in [0.3, 0.4) is 0 Å². The first-order chi connectivity index (χ1) is 31.0. The summed E-state index contributed by atoms with van der Waals surface area (Å²) in [7, 11) is -9.76. The number of phosphoric acid groups is 2. The molecule has 65 heavy (non-hydrogen) atoms. The zero-order valence-corrected chi connectivity index (χ0v) is 41.6. The predicted molar refractivity (Wildman–Crippen MR) is 253 cm³/mol. The molecular formula is C48H86O15P2. The molecular weight excluding hydrogens is 878 g/mol. The van der Waals surface area contributed by atoms with Crippen LogP contribution >= 0.6 is 15.6 Å². The molecule has 0 aromatic rings. The van der Waals surface area contributed by atoms with Gasteiger partial charge in [0.05, 0.1) is 25.9 Å². The molecule has 0 fully saturated rings. The maximum atomic E-state index is 12.8. The Bertz CT molecular complexity index is 1450. The summed E-state index contributed by atoms with van der Waals surface area (Å²) in [4.78, 5) is 65.5. The number of aliphatic hydroxyl groups excluding tert-OH is 2. The van der Waals surface area contributed by atoms with Gasteiger partial charge >= 0.3 is 27.6 Å². The summed E-state index contributed by atoms with van der Waals surface area (Å²) in [6.45, 7) is 3.80. The minimum atomic E-state index is -4.89. The summed E-state index contributed by atoms with van der Waals surface area (Å²) < 4.78 is 47.9. The number of ketones is 1. The smallest absolute Gasteiger partial charge is 0.462 e. The van der Waals surface area contributed by atoms with Gasteiger partial charge in [0.1, 0.15) is 12.7 Å². The van der Waals surface area contributed by atoms with Gasteiger partial charge in [-0.2, -0.15) is 0 Å². The number of allylic oxidation sites excluding steroid dienone is 5. The molecule has 0 heterocycles. The third kappa shape index (κ3) is 36.7. The maximum Gasteiger partial charge on any atom is 0.472 e. The minimum absolute atomic E-state index is 0.00212. The molecule has 0 aromatic heterocycles. The van der Waals surface area contributed by atoms with E-state index in [1.54, 1.807) is 18.2 Å². The molecule has 1 unspecified atom stereocenters. The Labute approximate surface area is 390 Å². The van der Waals surface area contributed by atoms with Gasteiger partial charge in [-0.25, -0.2) is 9.13 Å². The third-order valence-corrected chi connectivity index (χ3v) is 12.6. The number of hydrogen-bond acceptors (Lipinski definition) is 12. The molecule has 0 saturated heterocycles. The monoisotopic (exact) mass is 965 g/mol. The summed E-state index contributed by atoms with van der Waals surface area (Å²) in [6, 6.07) is 0. The highest BCUT2D eigenvalue weighted by atomic mass is 31.2. The van der Waals surface area contributed by atoms with E-state index in [-0.39, 0.29) is 30.5 Å². The van der Waals surface area contributed by atoms with Crippen LogP contribution in [0.2, 0.25) is 0 Å². The highest BCUT2D eigenvalue weighted by Crippen LogP contribution is 2.44. The van der Waals surface area contributed by atoms with E-state index in [0.717, 1.165) is 44.4 Å². The van der Waals surface area contributed by atoms with Crippen LogP contribution in [-0.2, 0) is 46.6 Å². The topological polar surface area (TPSA) is 233 Å². The lowest BCUT2D eigenvalue weighted by molar-refractivity contribution is -0.161. The number of aliphatic hydroxyl groups is 2. The maximum absolute atomic E-state index is 12.8. The first-order valence-electron chi connectivity index (χ1n) is 24.6. The average molecular weight is 965 g/mol. The molecule has 0 spiro atoms. The molecule has 5 N–H and O–H groups in total. The number of unbranched alkanes of at least 4 members (excludes halogenated alkanes) is 18. The molecule has 0 amide bonds. The van der Waals surface area contributed by atoms with Crippen molar-refractivity contribution >= 4 is 33.4 Å². The highest BCUT2D eigenvalue weighted by molar-refractivity contribution is 7.47. The van der Waals surface area contributed by atoms with Crippen molar-refractivity contribution in [2.24, 2.45) is 17.8 Å². The number of esters is 2. The number of carbonyl (C=O) groups excluding carboxylic acids is 3. The zero-order chi connectivity index (χ0) is 48.2. The van der Waals surface area contributed by atoms with E-state index < -0.39 is 72.3 Å². The molecule has 0 radical (unpaired) electrons. The van der Waals surface area contributed by atoms with Gasteiger partial charge < -0.3 is 34.4 Å². The van der Waals surface area contributed by atoms with Crippen LogP contribution in [0.15, 0.2) is 36.5 Å². The molecule has 1 aliphatic rings. The van der Waals surface area contributed by atoms with E-state index in [9.17, 15) is 38.6 Å². The average Bonchev–Trinajstić information content (AvgIpc) is 3.60. The van der Waals surface area contributed by atoms with Crippen molar-refractivity contribution in [3.05, 3.63) is 36.5 Å².